The van der Waals surface area contributed by atoms with Crippen LogP contribution in [0.5, 0.6) is 0 Å². The quantitative estimate of drug-likeness (QED) is 0.682. The fourth-order valence-electron chi connectivity index (χ4n) is 1.72. The van der Waals surface area contributed by atoms with Crippen molar-refractivity contribution in [2.75, 3.05) is 0 Å². The van der Waals surface area contributed by atoms with Crippen LogP contribution in [0.3, 0.4) is 0 Å². The van der Waals surface area contributed by atoms with Gasteiger partial charge < -0.3 is 0 Å². The summed E-state index contributed by atoms with van der Waals surface area (Å²) in [5, 5.41) is 1.16. The van der Waals surface area contributed by atoms with Crippen molar-refractivity contribution in [3.63, 3.8) is 0 Å². The van der Waals surface area contributed by atoms with Gasteiger partial charge in [0, 0.05) is 28.4 Å². The Balaban J connectivity index is 2.33. The molecule has 78 valence electrons. The number of hydrogen-bond acceptors (Lipinski definition) is 2. The van der Waals surface area contributed by atoms with E-state index in [1.54, 1.807) is 12.4 Å². The molecule has 0 amide bonds. The molecule has 0 aliphatic carbocycles. The van der Waals surface area contributed by atoms with Gasteiger partial charge in [-0.25, -0.2) is 9.97 Å². The number of hydrogen-bond donors (Lipinski definition) is 0. The summed E-state index contributed by atoms with van der Waals surface area (Å²) in [7, 11) is 0. The van der Waals surface area contributed by atoms with Crippen LogP contribution in [0.2, 0.25) is 0 Å². The van der Waals surface area contributed by atoms with E-state index in [-0.39, 0.29) is 0 Å². The fourth-order valence-corrected chi connectivity index (χ4v) is 2.26. The third-order valence-corrected chi connectivity index (χ3v) is 3.06. The Morgan fingerprint density at radius 1 is 1.00 bits per heavy atom. The molecule has 0 saturated carbocycles. The molecule has 1 aromatic carbocycles. The molecule has 3 nitrogen and oxygen atoms in total. The highest BCUT2D eigenvalue weighted by molar-refractivity contribution is 9.10. The van der Waals surface area contributed by atoms with Gasteiger partial charge in [0.05, 0.1) is 5.52 Å². The lowest BCUT2D eigenvalue weighted by Crippen LogP contribution is -1.97. The maximum absolute atomic E-state index is 4.24. The molecule has 2 aromatic heterocycles. The Bertz CT molecular complexity index is 631. The Hall–Kier alpha value is -1.68. The van der Waals surface area contributed by atoms with Gasteiger partial charge in [-0.2, -0.15) is 0 Å². The van der Waals surface area contributed by atoms with E-state index < -0.39 is 0 Å². The average Bonchev–Trinajstić information content (AvgIpc) is 2.69. The van der Waals surface area contributed by atoms with Gasteiger partial charge in [0.1, 0.15) is 0 Å². The summed E-state index contributed by atoms with van der Waals surface area (Å²) in [6.07, 6.45) is 5.47. The summed E-state index contributed by atoms with van der Waals surface area (Å²) in [5.74, 6) is 0.685. The van der Waals surface area contributed by atoms with Crippen LogP contribution in [0, 0.1) is 0 Å². The first-order valence-corrected chi connectivity index (χ1v) is 5.68. The maximum atomic E-state index is 4.24. The van der Waals surface area contributed by atoms with Gasteiger partial charge in [-0.1, -0.05) is 18.2 Å². The van der Waals surface area contributed by atoms with Crippen LogP contribution < -0.4 is 0 Å². The van der Waals surface area contributed by atoms with Crippen LogP contribution in [-0.4, -0.2) is 14.5 Å². The summed E-state index contributed by atoms with van der Waals surface area (Å²) in [5.41, 5.74) is 1.10. The molecule has 0 aliphatic rings. The standard InChI is InChI=1S/C12H8BrN3/c13-10-8-16(12-14-6-3-7-15-12)11-5-2-1-4-9(10)11/h1-8H. The zero-order valence-electron chi connectivity index (χ0n) is 8.34. The van der Waals surface area contributed by atoms with Crippen molar-refractivity contribution >= 4 is 26.8 Å². The van der Waals surface area contributed by atoms with Crippen molar-refractivity contribution in [1.82, 2.24) is 14.5 Å². The van der Waals surface area contributed by atoms with E-state index in [1.165, 1.54) is 0 Å². The van der Waals surface area contributed by atoms with E-state index in [1.807, 2.05) is 29.0 Å². The van der Waals surface area contributed by atoms with Gasteiger partial charge >= 0.3 is 0 Å². The van der Waals surface area contributed by atoms with E-state index in [9.17, 15) is 0 Å². The van der Waals surface area contributed by atoms with Crippen LogP contribution in [0.1, 0.15) is 0 Å². The molecule has 0 spiro atoms. The highest BCUT2D eigenvalue weighted by Crippen LogP contribution is 2.27. The van der Waals surface area contributed by atoms with Crippen molar-refractivity contribution in [1.29, 1.82) is 0 Å². The van der Waals surface area contributed by atoms with E-state index >= 15 is 0 Å². The second-order valence-corrected chi connectivity index (χ2v) is 4.27. The van der Waals surface area contributed by atoms with Gasteiger partial charge in [-0.3, -0.25) is 4.57 Å². The normalized spacial score (nSPS) is 10.8. The van der Waals surface area contributed by atoms with Crippen molar-refractivity contribution in [3.8, 4) is 5.95 Å². The molecule has 0 radical (unpaired) electrons. The molecule has 3 rings (SSSR count). The number of aromatic nitrogens is 3. The molecule has 0 atom stereocenters. The average molecular weight is 274 g/mol. The molecule has 0 N–H and O–H groups in total. The van der Waals surface area contributed by atoms with Crippen LogP contribution in [-0.2, 0) is 0 Å². The topological polar surface area (TPSA) is 30.7 Å². The number of rotatable bonds is 1. The molecule has 0 saturated heterocycles. The third-order valence-electron chi connectivity index (χ3n) is 2.43. The third kappa shape index (κ3) is 1.42. The van der Waals surface area contributed by atoms with Crippen LogP contribution in [0.25, 0.3) is 16.9 Å². The minimum absolute atomic E-state index is 0.685. The second-order valence-electron chi connectivity index (χ2n) is 3.41. The number of nitrogens with zero attached hydrogens (tertiary/aromatic N) is 3. The molecular formula is C12H8BrN3. The van der Waals surface area contributed by atoms with Crippen molar-refractivity contribution in [2.45, 2.75) is 0 Å². The molecule has 0 aliphatic heterocycles. The Morgan fingerprint density at radius 3 is 2.56 bits per heavy atom. The van der Waals surface area contributed by atoms with E-state index in [2.05, 4.69) is 38.0 Å². The molecule has 0 unspecified atom stereocenters. The second kappa shape index (κ2) is 3.72. The number of halogens is 1. The van der Waals surface area contributed by atoms with Crippen LogP contribution in [0.15, 0.2) is 53.4 Å². The lowest BCUT2D eigenvalue weighted by atomic mass is 10.2. The zero-order valence-corrected chi connectivity index (χ0v) is 9.92. The molecule has 16 heavy (non-hydrogen) atoms. The zero-order chi connectivity index (χ0) is 11.0. The van der Waals surface area contributed by atoms with Crippen LogP contribution >= 0.6 is 15.9 Å². The molecule has 3 aromatic rings. The predicted molar refractivity (Wildman–Crippen MR) is 66.6 cm³/mol. The summed E-state index contributed by atoms with van der Waals surface area (Å²) in [4.78, 5) is 8.49. The Morgan fingerprint density at radius 2 is 1.75 bits per heavy atom. The first kappa shape index (κ1) is 9.54. The SMILES string of the molecule is Brc1cn(-c2ncccn2)c2ccccc12. The molecule has 0 bridgehead atoms. The van der Waals surface area contributed by atoms with Gasteiger partial charge in [0.15, 0.2) is 0 Å². The number of para-hydroxylation sites is 1. The smallest absolute Gasteiger partial charge is 0.234 e. The Labute approximate surface area is 101 Å². The monoisotopic (exact) mass is 273 g/mol. The molecule has 0 fully saturated rings. The lowest BCUT2D eigenvalue weighted by Gasteiger charge is -2.01. The fraction of sp³-hybridized carbons (Fsp3) is 0. The number of benzene rings is 1. The minimum atomic E-state index is 0.685. The van der Waals surface area contributed by atoms with E-state index in [0.29, 0.717) is 5.95 Å². The highest BCUT2D eigenvalue weighted by atomic mass is 79.9. The minimum Gasteiger partial charge on any atom is -0.284 e. The van der Waals surface area contributed by atoms with E-state index in [4.69, 9.17) is 0 Å². The van der Waals surface area contributed by atoms with Gasteiger partial charge in [0.25, 0.3) is 0 Å². The van der Waals surface area contributed by atoms with Crippen LogP contribution in [0.4, 0.5) is 0 Å². The maximum Gasteiger partial charge on any atom is 0.234 e. The predicted octanol–water partition coefficient (Wildman–Crippen LogP) is 3.18. The van der Waals surface area contributed by atoms with Crippen molar-refractivity contribution < 1.29 is 0 Å². The molecule has 2 heterocycles. The van der Waals surface area contributed by atoms with E-state index in [0.717, 1.165) is 15.4 Å². The van der Waals surface area contributed by atoms with Crippen molar-refractivity contribution in [2.24, 2.45) is 0 Å². The summed E-state index contributed by atoms with van der Waals surface area (Å²) in [6.45, 7) is 0. The molecular weight excluding hydrogens is 266 g/mol. The Kier molecular flexibility index (Phi) is 2.22. The van der Waals surface area contributed by atoms with Crippen molar-refractivity contribution in [3.05, 3.63) is 53.4 Å². The largest absolute Gasteiger partial charge is 0.284 e. The first-order valence-electron chi connectivity index (χ1n) is 4.89. The van der Waals surface area contributed by atoms with Gasteiger partial charge in [-0.05, 0) is 28.1 Å². The highest BCUT2D eigenvalue weighted by Gasteiger charge is 2.08. The summed E-state index contributed by atoms with van der Waals surface area (Å²) in [6, 6.07) is 9.96. The number of fused-ring (bicyclic) bond motifs is 1. The summed E-state index contributed by atoms with van der Waals surface area (Å²) >= 11 is 3.54. The summed E-state index contributed by atoms with van der Waals surface area (Å²) < 4.78 is 3.02. The molecule has 4 heteroatoms. The first-order chi connectivity index (χ1) is 7.86. The lowest BCUT2D eigenvalue weighted by molar-refractivity contribution is 0.960. The van der Waals surface area contributed by atoms with Gasteiger partial charge in [-0.15, -0.1) is 0 Å². The van der Waals surface area contributed by atoms with Gasteiger partial charge in [0.2, 0.25) is 5.95 Å².